The molecule has 2 aliphatic carbocycles. The highest BCUT2D eigenvalue weighted by atomic mass is 14.3. The van der Waals surface area contributed by atoms with E-state index >= 15 is 0 Å². The number of benzene rings is 1. The van der Waals surface area contributed by atoms with Crippen molar-refractivity contribution in [2.75, 3.05) is 0 Å². The predicted molar refractivity (Wildman–Crippen MR) is 101 cm³/mol. The number of hydrogen-bond donors (Lipinski definition) is 0. The van der Waals surface area contributed by atoms with Crippen molar-refractivity contribution in [1.29, 1.82) is 0 Å². The second-order valence-corrected chi connectivity index (χ2v) is 7.74. The minimum absolute atomic E-state index is 0.787. The van der Waals surface area contributed by atoms with E-state index in [-0.39, 0.29) is 0 Å². The molecule has 1 fully saturated rings. The minimum atomic E-state index is 0.787. The van der Waals surface area contributed by atoms with E-state index in [2.05, 4.69) is 56.3 Å². The van der Waals surface area contributed by atoms with Gasteiger partial charge in [0.15, 0.2) is 0 Å². The summed E-state index contributed by atoms with van der Waals surface area (Å²) in [6.45, 7) is 4.67. The smallest absolute Gasteiger partial charge is 0.0167 e. The molecule has 0 aliphatic heterocycles. The summed E-state index contributed by atoms with van der Waals surface area (Å²) in [5, 5.41) is 0. The van der Waals surface area contributed by atoms with E-state index in [1.165, 1.54) is 68.1 Å². The van der Waals surface area contributed by atoms with Gasteiger partial charge in [-0.3, -0.25) is 0 Å². The number of unbranched alkanes of at least 4 members (excludes halogenated alkanes) is 1. The molecule has 0 N–H and O–H groups in total. The van der Waals surface area contributed by atoms with Gasteiger partial charge in [0.25, 0.3) is 0 Å². The van der Waals surface area contributed by atoms with E-state index in [1.54, 1.807) is 0 Å². The molecule has 1 atom stereocenters. The lowest BCUT2D eigenvalue weighted by Gasteiger charge is -2.32. The topological polar surface area (TPSA) is 0 Å². The van der Waals surface area contributed by atoms with Crippen molar-refractivity contribution in [3.05, 3.63) is 53.6 Å². The van der Waals surface area contributed by atoms with E-state index in [4.69, 9.17) is 0 Å². The van der Waals surface area contributed by atoms with E-state index < -0.39 is 0 Å². The van der Waals surface area contributed by atoms with Gasteiger partial charge in [-0.1, -0.05) is 75.6 Å². The van der Waals surface area contributed by atoms with Crippen molar-refractivity contribution in [1.82, 2.24) is 0 Å². The van der Waals surface area contributed by atoms with Crippen LogP contribution in [0.3, 0.4) is 0 Å². The molecule has 0 amide bonds. The summed E-state index contributed by atoms with van der Waals surface area (Å²) in [7, 11) is 0. The average molecular weight is 309 g/mol. The Morgan fingerprint density at radius 3 is 2.35 bits per heavy atom. The Balaban J connectivity index is 1.57. The van der Waals surface area contributed by atoms with Crippen LogP contribution in [0.4, 0.5) is 0 Å². The Morgan fingerprint density at radius 2 is 1.74 bits per heavy atom. The molecule has 0 nitrogen and oxygen atoms in total. The third kappa shape index (κ3) is 4.37. The largest absolute Gasteiger partial charge is 0.0802 e. The molecule has 0 bridgehead atoms. The molecule has 0 spiro atoms. The summed E-state index contributed by atoms with van der Waals surface area (Å²) in [6.07, 6.45) is 18.1. The molecule has 1 saturated carbocycles. The Bertz CT molecular complexity index is 538. The van der Waals surface area contributed by atoms with Crippen LogP contribution in [0, 0.1) is 17.8 Å². The zero-order chi connectivity index (χ0) is 16.1. The molecule has 3 rings (SSSR count). The van der Waals surface area contributed by atoms with Crippen LogP contribution in [0.15, 0.2) is 42.5 Å². The molecule has 23 heavy (non-hydrogen) atoms. The summed E-state index contributed by atoms with van der Waals surface area (Å²) in [5.74, 6) is 2.67. The first-order chi connectivity index (χ1) is 11.3. The van der Waals surface area contributed by atoms with Crippen LogP contribution in [0.25, 0.3) is 5.57 Å². The first-order valence-corrected chi connectivity index (χ1v) is 9.74. The predicted octanol–water partition coefficient (Wildman–Crippen LogP) is 6.82. The molecule has 124 valence electrons. The molecule has 0 radical (unpaired) electrons. The monoisotopic (exact) mass is 308 g/mol. The van der Waals surface area contributed by atoms with Gasteiger partial charge in [-0.05, 0) is 66.6 Å². The normalized spacial score (nSPS) is 27.7. The Kier molecular flexibility index (Phi) is 5.75. The van der Waals surface area contributed by atoms with Crippen molar-refractivity contribution in [2.24, 2.45) is 17.8 Å². The van der Waals surface area contributed by atoms with Gasteiger partial charge in [0.05, 0.1) is 0 Å². The van der Waals surface area contributed by atoms with Gasteiger partial charge >= 0.3 is 0 Å². The maximum atomic E-state index is 2.50. The second kappa shape index (κ2) is 7.99. The summed E-state index contributed by atoms with van der Waals surface area (Å²) in [6, 6.07) is 9.25. The van der Waals surface area contributed by atoms with Gasteiger partial charge in [-0.25, -0.2) is 0 Å². The van der Waals surface area contributed by atoms with Crippen LogP contribution in [0.5, 0.6) is 0 Å². The first-order valence-electron chi connectivity index (χ1n) is 9.74. The van der Waals surface area contributed by atoms with Crippen molar-refractivity contribution >= 4 is 5.57 Å². The molecule has 0 heterocycles. The van der Waals surface area contributed by atoms with Gasteiger partial charge < -0.3 is 0 Å². The van der Waals surface area contributed by atoms with Crippen molar-refractivity contribution in [3.8, 4) is 0 Å². The number of hydrogen-bond acceptors (Lipinski definition) is 0. The summed E-state index contributed by atoms with van der Waals surface area (Å²) >= 11 is 0. The van der Waals surface area contributed by atoms with Gasteiger partial charge in [0, 0.05) is 0 Å². The zero-order valence-electron chi connectivity index (χ0n) is 14.9. The third-order valence-electron chi connectivity index (χ3n) is 5.91. The minimum Gasteiger partial charge on any atom is -0.0802 e. The molecule has 1 aromatic carbocycles. The van der Waals surface area contributed by atoms with Crippen molar-refractivity contribution in [2.45, 2.75) is 65.2 Å². The van der Waals surface area contributed by atoms with Gasteiger partial charge in [-0.15, -0.1) is 0 Å². The Labute approximate surface area is 142 Å². The van der Waals surface area contributed by atoms with Gasteiger partial charge in [0.1, 0.15) is 0 Å². The molecule has 2 aliphatic rings. The molecule has 0 heteroatoms. The van der Waals surface area contributed by atoms with Crippen LogP contribution in [-0.4, -0.2) is 0 Å². The fourth-order valence-corrected chi connectivity index (χ4v) is 4.16. The molecular formula is C23H32. The molecule has 0 aromatic heterocycles. The highest BCUT2D eigenvalue weighted by Gasteiger charge is 2.25. The summed E-state index contributed by atoms with van der Waals surface area (Å²) < 4.78 is 0. The van der Waals surface area contributed by atoms with Gasteiger partial charge in [-0.2, -0.15) is 0 Å². The number of aryl methyl sites for hydroxylation is 1. The van der Waals surface area contributed by atoms with Crippen LogP contribution < -0.4 is 0 Å². The maximum absolute atomic E-state index is 2.50. The summed E-state index contributed by atoms with van der Waals surface area (Å²) in [4.78, 5) is 0. The standard InChI is InChI=1S/C23H32/c1-3-4-5-19-8-12-21(13-9-19)23-16-14-22(15-17-23)20-10-6-18(2)7-11-20/h8-9,12-14,16-18,20,22H,3-7,10-11,15H2,1-2H3/t18-,20-,22?. The SMILES string of the molecule is CCCCc1ccc(C2=CCC([C@H]3CC[C@H](C)CC3)C=C2)cc1. The van der Waals surface area contributed by atoms with Crippen LogP contribution >= 0.6 is 0 Å². The lowest BCUT2D eigenvalue weighted by molar-refractivity contribution is 0.240. The second-order valence-electron chi connectivity index (χ2n) is 7.74. The average Bonchev–Trinajstić information content (AvgIpc) is 2.61. The fraction of sp³-hybridized carbons (Fsp3) is 0.565. The lowest BCUT2D eigenvalue weighted by atomic mass is 9.74. The lowest BCUT2D eigenvalue weighted by Crippen LogP contribution is -2.20. The number of rotatable bonds is 5. The molecular weight excluding hydrogens is 276 g/mol. The highest BCUT2D eigenvalue weighted by Crippen LogP contribution is 2.38. The van der Waals surface area contributed by atoms with Crippen LogP contribution in [0.2, 0.25) is 0 Å². The first kappa shape index (κ1) is 16.6. The Morgan fingerprint density at radius 1 is 1.00 bits per heavy atom. The van der Waals surface area contributed by atoms with Crippen molar-refractivity contribution in [3.63, 3.8) is 0 Å². The fourth-order valence-electron chi connectivity index (χ4n) is 4.16. The highest BCUT2D eigenvalue weighted by molar-refractivity contribution is 5.75. The van der Waals surface area contributed by atoms with E-state index in [0.717, 1.165) is 17.8 Å². The van der Waals surface area contributed by atoms with E-state index in [0.29, 0.717) is 0 Å². The summed E-state index contributed by atoms with van der Waals surface area (Å²) in [5.41, 5.74) is 4.29. The molecule has 1 unspecified atom stereocenters. The molecule has 1 aromatic rings. The van der Waals surface area contributed by atoms with Crippen LogP contribution in [0.1, 0.15) is 69.9 Å². The van der Waals surface area contributed by atoms with E-state index in [9.17, 15) is 0 Å². The van der Waals surface area contributed by atoms with Crippen LogP contribution in [-0.2, 0) is 6.42 Å². The van der Waals surface area contributed by atoms with E-state index in [1.807, 2.05) is 0 Å². The Hall–Kier alpha value is -1.30. The zero-order valence-corrected chi connectivity index (χ0v) is 14.9. The third-order valence-corrected chi connectivity index (χ3v) is 5.91. The van der Waals surface area contributed by atoms with Crippen molar-refractivity contribution < 1.29 is 0 Å². The number of allylic oxidation sites excluding steroid dienone is 4. The quantitative estimate of drug-likeness (QED) is 0.560. The van der Waals surface area contributed by atoms with Gasteiger partial charge in [0.2, 0.25) is 0 Å². The molecule has 0 saturated heterocycles. The maximum Gasteiger partial charge on any atom is -0.0167 e.